The first-order valence-corrected chi connectivity index (χ1v) is 7.89. The summed E-state index contributed by atoms with van der Waals surface area (Å²) in [5.41, 5.74) is 3.56. The van der Waals surface area contributed by atoms with Gasteiger partial charge in [-0.2, -0.15) is 0 Å². The van der Waals surface area contributed by atoms with Crippen molar-refractivity contribution in [2.24, 2.45) is 0 Å². The van der Waals surface area contributed by atoms with Crippen LogP contribution < -0.4 is 10.8 Å². The maximum atomic E-state index is 12.1. The first-order chi connectivity index (χ1) is 11.8. The molecule has 2 N–H and O–H groups in total. The number of amides is 2. The molecule has 6 heteroatoms. The first-order valence-electron chi connectivity index (χ1n) is 7.89. The van der Waals surface area contributed by atoms with Crippen LogP contribution in [0.5, 0.6) is 0 Å². The van der Waals surface area contributed by atoms with Crippen LogP contribution in [0.1, 0.15) is 36.7 Å². The summed E-state index contributed by atoms with van der Waals surface area (Å²) in [6, 6.07) is 16.0. The summed E-state index contributed by atoms with van der Waals surface area (Å²) in [6.45, 7) is 5.60. The second kappa shape index (κ2) is 8.30. The predicted molar refractivity (Wildman–Crippen MR) is 95.0 cm³/mol. The first kappa shape index (κ1) is 18.5. The minimum atomic E-state index is -0.593. The highest BCUT2D eigenvalue weighted by molar-refractivity contribution is 5.95. The van der Waals surface area contributed by atoms with Crippen molar-refractivity contribution in [3.63, 3.8) is 0 Å². The van der Waals surface area contributed by atoms with Crippen LogP contribution in [0.4, 0.5) is 10.5 Å². The van der Waals surface area contributed by atoms with E-state index in [4.69, 9.17) is 9.57 Å². The van der Waals surface area contributed by atoms with Crippen molar-refractivity contribution in [3.05, 3.63) is 65.7 Å². The van der Waals surface area contributed by atoms with E-state index in [1.54, 1.807) is 45.0 Å². The van der Waals surface area contributed by atoms with E-state index >= 15 is 0 Å². The Kier molecular flexibility index (Phi) is 6.14. The lowest BCUT2D eigenvalue weighted by molar-refractivity contribution is 0.0233. The normalized spacial score (nSPS) is 10.8. The van der Waals surface area contributed by atoms with Gasteiger partial charge in [-0.15, -0.1) is 0 Å². The second-order valence-electron chi connectivity index (χ2n) is 6.41. The zero-order valence-corrected chi connectivity index (χ0v) is 14.5. The molecule has 25 heavy (non-hydrogen) atoms. The van der Waals surface area contributed by atoms with Crippen molar-refractivity contribution >= 4 is 17.7 Å². The minimum absolute atomic E-state index is 0.266. The van der Waals surface area contributed by atoms with Crippen LogP contribution in [0.15, 0.2) is 54.6 Å². The van der Waals surface area contributed by atoms with Gasteiger partial charge < -0.3 is 4.74 Å². The van der Waals surface area contributed by atoms with Crippen molar-refractivity contribution in [2.45, 2.75) is 33.0 Å². The van der Waals surface area contributed by atoms with Crippen molar-refractivity contribution in [2.75, 3.05) is 5.32 Å². The Labute approximate surface area is 147 Å². The van der Waals surface area contributed by atoms with Crippen molar-refractivity contribution in [3.8, 4) is 0 Å². The lowest BCUT2D eigenvalue weighted by atomic mass is 10.2. The molecule has 0 aliphatic carbocycles. The monoisotopic (exact) mass is 342 g/mol. The molecular formula is C19H22N2O4. The van der Waals surface area contributed by atoms with E-state index in [1.165, 1.54) is 0 Å². The highest BCUT2D eigenvalue weighted by Crippen LogP contribution is 2.14. The Balaban J connectivity index is 1.89. The smallest absolute Gasteiger partial charge is 0.412 e. The number of hydroxylamine groups is 1. The van der Waals surface area contributed by atoms with Gasteiger partial charge in [0, 0.05) is 11.3 Å². The molecule has 0 bridgehead atoms. The van der Waals surface area contributed by atoms with Crippen LogP contribution in [0, 0.1) is 0 Å². The summed E-state index contributed by atoms with van der Waals surface area (Å²) in [5.74, 6) is -0.399. The van der Waals surface area contributed by atoms with Gasteiger partial charge in [0.25, 0.3) is 5.91 Å². The SMILES string of the molecule is CC(C)(C)OC(=O)Nc1cccc(C(=O)NOCc2ccccc2)c1. The molecule has 0 aromatic heterocycles. The van der Waals surface area contributed by atoms with Gasteiger partial charge in [0.05, 0.1) is 6.61 Å². The van der Waals surface area contributed by atoms with Crippen molar-refractivity contribution < 1.29 is 19.2 Å². The van der Waals surface area contributed by atoms with E-state index in [0.29, 0.717) is 11.3 Å². The summed E-state index contributed by atoms with van der Waals surface area (Å²) in [5, 5.41) is 2.59. The van der Waals surface area contributed by atoms with Gasteiger partial charge >= 0.3 is 6.09 Å². The van der Waals surface area contributed by atoms with Gasteiger partial charge in [-0.3, -0.25) is 14.9 Å². The average Bonchev–Trinajstić information content (AvgIpc) is 2.54. The second-order valence-corrected chi connectivity index (χ2v) is 6.41. The van der Waals surface area contributed by atoms with Gasteiger partial charge in [-0.25, -0.2) is 10.3 Å². The zero-order valence-electron chi connectivity index (χ0n) is 14.5. The Bertz CT molecular complexity index is 724. The average molecular weight is 342 g/mol. The molecular weight excluding hydrogens is 320 g/mol. The number of anilines is 1. The summed E-state index contributed by atoms with van der Waals surface area (Å²) in [6.07, 6.45) is -0.578. The fourth-order valence-electron chi connectivity index (χ4n) is 1.98. The molecule has 0 fully saturated rings. The summed E-state index contributed by atoms with van der Waals surface area (Å²) < 4.78 is 5.18. The van der Waals surface area contributed by atoms with E-state index < -0.39 is 17.6 Å². The van der Waals surface area contributed by atoms with E-state index in [0.717, 1.165) is 5.56 Å². The Morgan fingerprint density at radius 1 is 1.00 bits per heavy atom. The van der Waals surface area contributed by atoms with Gasteiger partial charge in [-0.05, 0) is 44.5 Å². The number of carbonyl (C=O) groups is 2. The van der Waals surface area contributed by atoms with Crippen LogP contribution in [-0.4, -0.2) is 17.6 Å². The molecule has 0 atom stereocenters. The number of rotatable bonds is 5. The number of ether oxygens (including phenoxy) is 1. The van der Waals surface area contributed by atoms with Crippen LogP contribution in [0.3, 0.4) is 0 Å². The summed E-state index contributed by atoms with van der Waals surface area (Å²) >= 11 is 0. The van der Waals surface area contributed by atoms with Crippen LogP contribution >= 0.6 is 0 Å². The quantitative estimate of drug-likeness (QED) is 0.808. The third-order valence-corrected chi connectivity index (χ3v) is 3.02. The molecule has 2 rings (SSSR count). The van der Waals surface area contributed by atoms with Crippen LogP contribution in [0.2, 0.25) is 0 Å². The fourth-order valence-corrected chi connectivity index (χ4v) is 1.98. The molecule has 132 valence electrons. The molecule has 0 aliphatic rings. The molecule has 0 saturated heterocycles. The van der Waals surface area contributed by atoms with Gasteiger partial charge in [0.15, 0.2) is 0 Å². The van der Waals surface area contributed by atoms with Crippen molar-refractivity contribution in [1.82, 2.24) is 5.48 Å². The lowest BCUT2D eigenvalue weighted by Gasteiger charge is -2.19. The molecule has 2 aromatic carbocycles. The standard InChI is InChI=1S/C19H22N2O4/c1-19(2,3)25-18(23)20-16-11-7-10-15(12-16)17(22)21-24-13-14-8-5-4-6-9-14/h4-12H,13H2,1-3H3,(H,20,23)(H,21,22). The number of benzene rings is 2. The van der Waals surface area contributed by atoms with E-state index in [2.05, 4.69) is 10.8 Å². The predicted octanol–water partition coefficient (Wildman–Crippen LogP) is 3.90. The fraction of sp³-hybridized carbons (Fsp3) is 0.263. The highest BCUT2D eigenvalue weighted by atomic mass is 16.6. The summed E-state index contributed by atoms with van der Waals surface area (Å²) in [7, 11) is 0. The van der Waals surface area contributed by atoms with E-state index in [9.17, 15) is 9.59 Å². The lowest BCUT2D eigenvalue weighted by Crippen LogP contribution is -2.27. The van der Waals surface area contributed by atoms with E-state index in [-0.39, 0.29) is 6.61 Å². The molecule has 2 amide bonds. The molecule has 0 saturated carbocycles. The Morgan fingerprint density at radius 3 is 2.40 bits per heavy atom. The largest absolute Gasteiger partial charge is 0.444 e. The Morgan fingerprint density at radius 2 is 1.72 bits per heavy atom. The topological polar surface area (TPSA) is 76.7 Å². The maximum Gasteiger partial charge on any atom is 0.412 e. The summed E-state index contributed by atoms with van der Waals surface area (Å²) in [4.78, 5) is 29.1. The number of nitrogens with one attached hydrogen (secondary N) is 2. The van der Waals surface area contributed by atoms with E-state index in [1.807, 2.05) is 30.3 Å². The molecule has 0 radical (unpaired) electrons. The van der Waals surface area contributed by atoms with Gasteiger partial charge in [0.2, 0.25) is 0 Å². The van der Waals surface area contributed by atoms with Gasteiger partial charge in [-0.1, -0.05) is 36.4 Å². The third kappa shape index (κ3) is 6.64. The molecule has 6 nitrogen and oxygen atoms in total. The number of hydrogen-bond donors (Lipinski definition) is 2. The molecule has 0 aliphatic heterocycles. The zero-order chi connectivity index (χ0) is 18.3. The molecule has 2 aromatic rings. The molecule has 0 spiro atoms. The molecule has 0 heterocycles. The van der Waals surface area contributed by atoms with Gasteiger partial charge in [0.1, 0.15) is 5.60 Å². The van der Waals surface area contributed by atoms with Crippen LogP contribution in [-0.2, 0) is 16.2 Å². The van der Waals surface area contributed by atoms with Crippen LogP contribution in [0.25, 0.3) is 0 Å². The Hall–Kier alpha value is -2.86. The maximum absolute atomic E-state index is 12.1. The third-order valence-electron chi connectivity index (χ3n) is 3.02. The molecule has 0 unspecified atom stereocenters. The minimum Gasteiger partial charge on any atom is -0.444 e. The highest BCUT2D eigenvalue weighted by Gasteiger charge is 2.16. The number of hydrogen-bond acceptors (Lipinski definition) is 4. The van der Waals surface area contributed by atoms with Crippen molar-refractivity contribution in [1.29, 1.82) is 0 Å². The number of carbonyl (C=O) groups excluding carboxylic acids is 2.